The number of sulfonamides is 2. The van der Waals surface area contributed by atoms with E-state index < -0.39 is 32.0 Å². The molecule has 12 heteroatoms. The summed E-state index contributed by atoms with van der Waals surface area (Å²) in [4.78, 5) is 22.3. The largest absolute Gasteiger partial charge is 0.481 e. The molecule has 0 saturated carbocycles. The number of hydrogen-bond donors (Lipinski definition) is 2. The van der Waals surface area contributed by atoms with Gasteiger partial charge in [0.1, 0.15) is 0 Å². The van der Waals surface area contributed by atoms with Crippen LogP contribution in [0, 0.1) is 13.8 Å². The molecule has 0 amide bonds. The minimum Gasteiger partial charge on any atom is -0.481 e. The number of carbonyl (C=O) groups is 2. The van der Waals surface area contributed by atoms with Gasteiger partial charge in [-0.05, 0) is 106 Å². The van der Waals surface area contributed by atoms with Crippen LogP contribution in [0.5, 0.6) is 0 Å². The fraction of sp³-hybridized carbons (Fsp3) is 0.297. The molecule has 0 bridgehead atoms. The molecule has 4 aromatic carbocycles. The molecule has 0 atom stereocenters. The van der Waals surface area contributed by atoms with Crippen molar-refractivity contribution in [3.05, 3.63) is 119 Å². The summed E-state index contributed by atoms with van der Waals surface area (Å²) in [5.74, 6) is -1.82. The number of nitrogens with zero attached hydrogens (tertiary/aromatic N) is 2. The number of carboxylic acids is 2. The first-order chi connectivity index (χ1) is 23.3. The van der Waals surface area contributed by atoms with Crippen LogP contribution >= 0.6 is 0 Å². The fourth-order valence-corrected chi connectivity index (χ4v) is 8.31. The van der Waals surface area contributed by atoms with E-state index in [0.29, 0.717) is 43.5 Å². The number of hydrogen-bond acceptors (Lipinski definition) is 6. The highest BCUT2D eigenvalue weighted by atomic mass is 32.2. The van der Waals surface area contributed by atoms with Crippen molar-refractivity contribution in [2.45, 2.75) is 68.6 Å². The maximum absolute atomic E-state index is 13.9. The standard InChI is InChI=1S/C37H42N2O8S2/c1-28-6-20-34(21-7-28)48(44,45)38(32-16-10-30(11-17-32)14-24-36(40)41)26-4-3-5-27-39(49(46,47)35-22-8-29(2)9-23-35)33-18-12-31(13-19-33)15-25-37(42)43/h6-13,16-23H,3-5,14-15,24-27H2,1-2H3,(H,40,41)(H,42,43). The zero-order valence-electron chi connectivity index (χ0n) is 27.7. The van der Waals surface area contributed by atoms with Crippen molar-refractivity contribution in [1.29, 1.82) is 0 Å². The molecule has 260 valence electrons. The van der Waals surface area contributed by atoms with Gasteiger partial charge in [-0.1, -0.05) is 59.7 Å². The summed E-state index contributed by atoms with van der Waals surface area (Å²) in [5.41, 5.74) is 4.31. The van der Waals surface area contributed by atoms with Crippen LogP contribution in [0.15, 0.2) is 107 Å². The lowest BCUT2D eigenvalue weighted by molar-refractivity contribution is -0.138. The van der Waals surface area contributed by atoms with Crippen LogP contribution in [0.3, 0.4) is 0 Å². The van der Waals surface area contributed by atoms with Crippen LogP contribution in [0.2, 0.25) is 0 Å². The molecule has 0 radical (unpaired) electrons. The molecule has 0 unspecified atom stereocenters. The summed E-state index contributed by atoms with van der Waals surface area (Å²) < 4.78 is 58.1. The van der Waals surface area contributed by atoms with Crippen molar-refractivity contribution in [2.24, 2.45) is 0 Å². The molecule has 0 saturated heterocycles. The normalized spacial score (nSPS) is 11.6. The van der Waals surface area contributed by atoms with E-state index >= 15 is 0 Å². The van der Waals surface area contributed by atoms with E-state index in [4.69, 9.17) is 10.2 Å². The first kappa shape index (κ1) is 37.1. The summed E-state index contributed by atoms with van der Waals surface area (Å²) in [5, 5.41) is 18.1. The Kier molecular flexibility index (Phi) is 12.6. The molecular weight excluding hydrogens is 665 g/mol. The first-order valence-electron chi connectivity index (χ1n) is 16.1. The van der Waals surface area contributed by atoms with E-state index in [0.717, 1.165) is 22.3 Å². The van der Waals surface area contributed by atoms with Gasteiger partial charge in [-0.15, -0.1) is 0 Å². The van der Waals surface area contributed by atoms with Gasteiger partial charge < -0.3 is 10.2 Å². The zero-order chi connectivity index (χ0) is 35.6. The van der Waals surface area contributed by atoms with E-state index in [-0.39, 0.29) is 35.7 Å². The molecule has 4 rings (SSSR count). The second kappa shape index (κ2) is 16.6. The van der Waals surface area contributed by atoms with Gasteiger partial charge in [0.15, 0.2) is 0 Å². The Morgan fingerprint density at radius 1 is 0.510 bits per heavy atom. The molecule has 2 N–H and O–H groups in total. The molecule has 0 heterocycles. The molecule has 0 aliphatic carbocycles. The summed E-state index contributed by atoms with van der Waals surface area (Å²) >= 11 is 0. The number of carboxylic acid groups (broad SMARTS) is 2. The predicted octanol–water partition coefficient (Wildman–Crippen LogP) is 6.60. The second-order valence-corrected chi connectivity index (χ2v) is 15.7. The number of benzene rings is 4. The van der Waals surface area contributed by atoms with Crippen molar-refractivity contribution in [3.63, 3.8) is 0 Å². The summed E-state index contributed by atoms with van der Waals surface area (Å²) in [6.45, 7) is 4.04. The fourth-order valence-electron chi connectivity index (χ4n) is 5.30. The van der Waals surface area contributed by atoms with Crippen LogP contribution in [0.25, 0.3) is 0 Å². The van der Waals surface area contributed by atoms with E-state index in [1.54, 1.807) is 97.1 Å². The van der Waals surface area contributed by atoms with Gasteiger partial charge in [-0.3, -0.25) is 18.2 Å². The third-order valence-corrected chi connectivity index (χ3v) is 11.8. The van der Waals surface area contributed by atoms with Crippen molar-refractivity contribution < 1.29 is 36.6 Å². The molecule has 0 fully saturated rings. The van der Waals surface area contributed by atoms with Gasteiger partial charge in [0.25, 0.3) is 20.0 Å². The molecule has 0 spiro atoms. The van der Waals surface area contributed by atoms with Crippen LogP contribution in [0.4, 0.5) is 11.4 Å². The Morgan fingerprint density at radius 3 is 1.14 bits per heavy atom. The number of aliphatic carboxylic acids is 2. The lowest BCUT2D eigenvalue weighted by atomic mass is 10.1. The van der Waals surface area contributed by atoms with Crippen molar-refractivity contribution >= 4 is 43.4 Å². The van der Waals surface area contributed by atoms with Crippen molar-refractivity contribution in [2.75, 3.05) is 21.7 Å². The average Bonchev–Trinajstić information content (AvgIpc) is 3.07. The molecule has 49 heavy (non-hydrogen) atoms. The summed E-state index contributed by atoms with van der Waals surface area (Å²) in [7, 11) is -7.87. The maximum atomic E-state index is 13.9. The van der Waals surface area contributed by atoms with E-state index in [2.05, 4.69) is 0 Å². The minimum absolute atomic E-state index is 0.0315. The lowest BCUT2D eigenvalue weighted by Gasteiger charge is -2.26. The topological polar surface area (TPSA) is 149 Å². The Bertz CT molecular complexity index is 1780. The van der Waals surface area contributed by atoms with Crippen LogP contribution in [0.1, 0.15) is 54.4 Å². The van der Waals surface area contributed by atoms with E-state index in [1.165, 1.54) is 8.61 Å². The van der Waals surface area contributed by atoms with Gasteiger partial charge in [-0.25, -0.2) is 16.8 Å². The Labute approximate surface area is 288 Å². The molecular formula is C37H42N2O8S2. The molecule has 10 nitrogen and oxygen atoms in total. The lowest BCUT2D eigenvalue weighted by Crippen LogP contribution is -2.33. The van der Waals surface area contributed by atoms with E-state index in [9.17, 15) is 26.4 Å². The van der Waals surface area contributed by atoms with Crippen LogP contribution in [-0.4, -0.2) is 52.1 Å². The van der Waals surface area contributed by atoms with Crippen LogP contribution in [-0.2, 0) is 42.5 Å². The van der Waals surface area contributed by atoms with Crippen molar-refractivity contribution in [3.8, 4) is 0 Å². The van der Waals surface area contributed by atoms with Gasteiger partial charge in [0.05, 0.1) is 21.2 Å². The number of rotatable bonds is 18. The number of unbranched alkanes of at least 4 members (excludes halogenated alkanes) is 2. The summed E-state index contributed by atoms with van der Waals surface area (Å²) in [6, 6.07) is 26.9. The summed E-state index contributed by atoms with van der Waals surface area (Å²) in [6.07, 6.45) is 2.00. The zero-order valence-corrected chi connectivity index (χ0v) is 29.3. The quantitative estimate of drug-likeness (QED) is 0.110. The minimum atomic E-state index is -3.94. The molecule has 0 aliphatic heterocycles. The Balaban J connectivity index is 1.52. The van der Waals surface area contributed by atoms with Crippen LogP contribution < -0.4 is 8.61 Å². The van der Waals surface area contributed by atoms with Gasteiger partial charge in [0.2, 0.25) is 0 Å². The highest BCUT2D eigenvalue weighted by Gasteiger charge is 2.27. The molecule has 0 aromatic heterocycles. The third kappa shape index (κ3) is 10.2. The highest BCUT2D eigenvalue weighted by molar-refractivity contribution is 7.93. The highest BCUT2D eigenvalue weighted by Crippen LogP contribution is 2.28. The smallest absolute Gasteiger partial charge is 0.303 e. The van der Waals surface area contributed by atoms with E-state index in [1.807, 2.05) is 13.8 Å². The predicted molar refractivity (Wildman–Crippen MR) is 190 cm³/mol. The van der Waals surface area contributed by atoms with Gasteiger partial charge >= 0.3 is 11.9 Å². The molecule has 4 aromatic rings. The molecule has 0 aliphatic rings. The maximum Gasteiger partial charge on any atom is 0.303 e. The third-order valence-electron chi connectivity index (χ3n) is 8.14. The average molecular weight is 707 g/mol. The first-order valence-corrected chi connectivity index (χ1v) is 19.0. The second-order valence-electron chi connectivity index (χ2n) is 12.0. The van der Waals surface area contributed by atoms with Crippen molar-refractivity contribution in [1.82, 2.24) is 0 Å². The van der Waals surface area contributed by atoms with Gasteiger partial charge in [-0.2, -0.15) is 0 Å². The monoisotopic (exact) mass is 706 g/mol. The SMILES string of the molecule is Cc1ccc(S(=O)(=O)N(CCCCCN(c2ccc(CCC(=O)O)cc2)S(=O)(=O)c2ccc(C)cc2)c2ccc(CCC(=O)O)cc2)cc1. The van der Waals surface area contributed by atoms with Gasteiger partial charge in [0, 0.05) is 25.9 Å². The number of anilines is 2. The number of aryl methyl sites for hydroxylation is 4. The Hall–Kier alpha value is -4.68. The Morgan fingerprint density at radius 2 is 0.837 bits per heavy atom.